The molecule has 9 nitrogen and oxygen atoms in total. The first-order valence-electron chi connectivity index (χ1n) is 16.6. The van der Waals surface area contributed by atoms with Crippen molar-refractivity contribution in [1.29, 1.82) is 0 Å². The largest absolute Gasteiger partial charge is 0.370 e. The smallest absolute Gasteiger partial charge is 0.274 e. The third-order valence-corrected chi connectivity index (χ3v) is 10.8. The Balaban J connectivity index is 1.26. The molecule has 1 aliphatic carbocycles. The molecule has 1 aliphatic heterocycles. The molecule has 1 fully saturated rings. The summed E-state index contributed by atoms with van der Waals surface area (Å²) in [6, 6.07) is 16.0. The number of thiophene rings is 1. The normalized spacial score (nSPS) is 14.8. The van der Waals surface area contributed by atoms with E-state index in [1.54, 1.807) is 23.0 Å². The van der Waals surface area contributed by atoms with Gasteiger partial charge >= 0.3 is 0 Å². The number of rotatable bonds is 9. The second-order valence-electron chi connectivity index (χ2n) is 13.0. The average molecular weight is 665 g/mol. The van der Waals surface area contributed by atoms with Gasteiger partial charge in [-0.15, -0.1) is 11.3 Å². The van der Waals surface area contributed by atoms with Crippen LogP contribution < -0.4 is 26.4 Å². The molecule has 2 amide bonds. The zero-order valence-electron chi connectivity index (χ0n) is 28.2. The lowest BCUT2D eigenvalue weighted by molar-refractivity contribution is -0.111. The van der Waals surface area contributed by atoms with Crippen LogP contribution in [0.2, 0.25) is 0 Å². The van der Waals surface area contributed by atoms with Gasteiger partial charge in [-0.1, -0.05) is 18.7 Å². The zero-order valence-corrected chi connectivity index (χ0v) is 29.0. The van der Waals surface area contributed by atoms with Crippen molar-refractivity contribution >= 4 is 51.6 Å². The highest BCUT2D eigenvalue weighted by Gasteiger charge is 2.23. The van der Waals surface area contributed by atoms with E-state index in [-0.39, 0.29) is 17.4 Å². The summed E-state index contributed by atoms with van der Waals surface area (Å²) in [5, 5.41) is 9.42. The van der Waals surface area contributed by atoms with E-state index >= 15 is 0 Å². The molecule has 0 spiro atoms. The van der Waals surface area contributed by atoms with Gasteiger partial charge in [0.15, 0.2) is 0 Å². The first-order valence-corrected chi connectivity index (χ1v) is 17.4. The van der Waals surface area contributed by atoms with Crippen LogP contribution >= 0.6 is 11.3 Å². The van der Waals surface area contributed by atoms with E-state index in [1.165, 1.54) is 29.4 Å². The third-order valence-electron chi connectivity index (χ3n) is 9.55. The number of pyridine rings is 1. The Morgan fingerprint density at radius 3 is 2.48 bits per heavy atom. The Morgan fingerprint density at radius 1 is 0.979 bits per heavy atom. The minimum atomic E-state index is -0.296. The number of hydrogen-bond acceptors (Lipinski definition) is 7. The molecule has 3 heterocycles. The summed E-state index contributed by atoms with van der Waals surface area (Å²) >= 11 is 1.60. The molecule has 0 saturated carbocycles. The number of carbonyl (C=O) groups is 2. The first-order chi connectivity index (χ1) is 23.1. The molecule has 1 saturated heterocycles. The topological polar surface area (TPSA) is 98.7 Å². The minimum absolute atomic E-state index is 0.0951. The number of aryl methyl sites for hydroxylation is 3. The van der Waals surface area contributed by atoms with E-state index in [2.05, 4.69) is 46.4 Å². The fourth-order valence-corrected chi connectivity index (χ4v) is 7.92. The number of aromatic nitrogens is 1. The van der Waals surface area contributed by atoms with Crippen LogP contribution in [0.5, 0.6) is 0 Å². The van der Waals surface area contributed by atoms with E-state index < -0.39 is 0 Å². The van der Waals surface area contributed by atoms with Gasteiger partial charge in [0.25, 0.3) is 11.5 Å². The number of amides is 2. The summed E-state index contributed by atoms with van der Waals surface area (Å²) in [7, 11) is 5.96. The lowest BCUT2D eigenvalue weighted by Crippen LogP contribution is -2.42. The Kier molecular flexibility index (Phi) is 9.84. The Labute approximate surface area is 286 Å². The van der Waals surface area contributed by atoms with Crippen molar-refractivity contribution < 1.29 is 9.59 Å². The highest BCUT2D eigenvalue weighted by Crippen LogP contribution is 2.35. The van der Waals surface area contributed by atoms with Crippen molar-refractivity contribution in [1.82, 2.24) is 9.47 Å². The molecule has 2 aromatic heterocycles. The van der Waals surface area contributed by atoms with E-state index in [9.17, 15) is 14.4 Å². The second-order valence-corrected chi connectivity index (χ2v) is 14.1. The molecule has 10 heteroatoms. The maximum Gasteiger partial charge on any atom is 0.274 e. The van der Waals surface area contributed by atoms with Crippen LogP contribution in [0.1, 0.15) is 51.4 Å². The van der Waals surface area contributed by atoms with Gasteiger partial charge in [0, 0.05) is 54.2 Å². The van der Waals surface area contributed by atoms with Crippen LogP contribution in [-0.2, 0) is 24.7 Å². The average Bonchev–Trinajstić information content (AvgIpc) is 3.53. The van der Waals surface area contributed by atoms with Gasteiger partial charge in [0.1, 0.15) is 5.69 Å². The number of nitrogens with zero attached hydrogens (tertiary/aromatic N) is 3. The van der Waals surface area contributed by atoms with Crippen LogP contribution in [0.25, 0.3) is 11.1 Å². The third kappa shape index (κ3) is 7.10. The van der Waals surface area contributed by atoms with Crippen molar-refractivity contribution in [3.05, 3.63) is 98.6 Å². The SMILES string of the molecule is C=CC(=O)Nc1cc(Nc2cc(-c3cccc(NC(=O)c4cc5c(s4)CCCC5)c3C)cn(C)c2=O)ccc1N1CCC(N(C)C)CC1. The fourth-order valence-electron chi connectivity index (χ4n) is 6.77. The number of piperidine rings is 1. The minimum Gasteiger partial charge on any atom is -0.370 e. The Morgan fingerprint density at radius 2 is 1.75 bits per heavy atom. The maximum atomic E-state index is 13.4. The number of nitrogens with one attached hydrogen (secondary N) is 3. The van der Waals surface area contributed by atoms with Crippen molar-refractivity contribution in [2.45, 2.75) is 51.5 Å². The molecule has 0 unspecified atom stereocenters. The fraction of sp³-hybridized carbons (Fsp3) is 0.342. The second kappa shape index (κ2) is 14.2. The lowest BCUT2D eigenvalue weighted by Gasteiger charge is -2.37. The number of hydrogen-bond donors (Lipinski definition) is 3. The Bertz CT molecular complexity index is 1890. The Hall–Kier alpha value is -4.67. The van der Waals surface area contributed by atoms with Crippen molar-refractivity contribution in [2.24, 2.45) is 7.05 Å². The van der Waals surface area contributed by atoms with E-state index in [0.29, 0.717) is 23.1 Å². The summed E-state index contributed by atoms with van der Waals surface area (Å²) < 4.78 is 1.56. The highest BCUT2D eigenvalue weighted by molar-refractivity contribution is 7.14. The lowest BCUT2D eigenvalue weighted by atomic mass is 9.99. The standard InChI is InChI=1S/C38H44N6O3S/c1-6-36(45)40-31-22-27(14-15-33(31)44-18-16-28(17-19-44)42(3)4)39-32-20-26(23-43(5)38(32)47)29-11-9-12-30(24(29)2)41-37(46)35-21-25-10-7-8-13-34(25)48-35/h6,9,11-12,14-15,20-23,28,39H,1,7-8,10,13,16-19H2,2-5H3,(H,40,45)(H,41,46). The van der Waals surface area contributed by atoms with Crippen LogP contribution in [0, 0.1) is 6.92 Å². The van der Waals surface area contributed by atoms with Gasteiger partial charge in [-0.05, 0) is 119 Å². The summed E-state index contributed by atoms with van der Waals surface area (Å²) in [5.74, 6) is -0.391. The van der Waals surface area contributed by atoms with Gasteiger partial charge in [-0.2, -0.15) is 0 Å². The van der Waals surface area contributed by atoms with Crippen molar-refractivity contribution in [2.75, 3.05) is 48.0 Å². The van der Waals surface area contributed by atoms with Crippen molar-refractivity contribution in [3.8, 4) is 11.1 Å². The van der Waals surface area contributed by atoms with Gasteiger partial charge in [0.05, 0.1) is 16.3 Å². The molecule has 4 aromatic rings. The van der Waals surface area contributed by atoms with Gasteiger partial charge in [-0.25, -0.2) is 0 Å². The summed E-state index contributed by atoms with van der Waals surface area (Å²) in [6.45, 7) is 7.36. The first kappa shape index (κ1) is 33.2. The van der Waals surface area contributed by atoms with E-state index in [0.717, 1.165) is 71.7 Å². The molecule has 250 valence electrons. The molecular formula is C38H44N6O3S. The molecule has 0 atom stereocenters. The zero-order chi connectivity index (χ0) is 33.9. The van der Waals surface area contributed by atoms with Crippen LogP contribution in [-0.4, -0.2) is 54.5 Å². The van der Waals surface area contributed by atoms with Gasteiger partial charge in [0.2, 0.25) is 5.91 Å². The van der Waals surface area contributed by atoms with E-state index in [1.807, 2.05) is 61.7 Å². The van der Waals surface area contributed by atoms with E-state index in [4.69, 9.17) is 0 Å². The number of anilines is 5. The molecule has 0 bridgehead atoms. The molecule has 2 aromatic carbocycles. The summed E-state index contributed by atoms with van der Waals surface area (Å²) in [5.41, 5.74) is 7.18. The van der Waals surface area contributed by atoms with Crippen LogP contribution in [0.4, 0.5) is 28.4 Å². The number of fused-ring (bicyclic) bond motifs is 1. The highest BCUT2D eigenvalue weighted by atomic mass is 32.1. The number of benzene rings is 2. The summed E-state index contributed by atoms with van der Waals surface area (Å²) in [4.78, 5) is 45.7. The molecule has 6 rings (SSSR count). The van der Waals surface area contributed by atoms with Gasteiger partial charge in [-0.3, -0.25) is 14.4 Å². The molecule has 48 heavy (non-hydrogen) atoms. The molecular weight excluding hydrogens is 621 g/mol. The molecule has 3 N–H and O–H groups in total. The molecule has 0 radical (unpaired) electrons. The molecule has 2 aliphatic rings. The van der Waals surface area contributed by atoms with Crippen LogP contribution in [0.3, 0.4) is 0 Å². The summed E-state index contributed by atoms with van der Waals surface area (Å²) in [6.07, 6.45) is 9.59. The van der Waals surface area contributed by atoms with Crippen LogP contribution in [0.15, 0.2) is 72.2 Å². The quantitative estimate of drug-likeness (QED) is 0.168. The van der Waals surface area contributed by atoms with Gasteiger partial charge < -0.3 is 30.3 Å². The van der Waals surface area contributed by atoms with Crippen molar-refractivity contribution in [3.63, 3.8) is 0 Å². The number of carbonyl (C=O) groups excluding carboxylic acids is 2. The monoisotopic (exact) mass is 664 g/mol. The predicted molar refractivity (Wildman–Crippen MR) is 198 cm³/mol. The maximum absolute atomic E-state index is 13.4. The predicted octanol–water partition coefficient (Wildman–Crippen LogP) is 6.95.